The van der Waals surface area contributed by atoms with Crippen molar-refractivity contribution in [2.45, 2.75) is 38.5 Å². The van der Waals surface area contributed by atoms with E-state index in [9.17, 15) is 10.2 Å². The van der Waals surface area contributed by atoms with E-state index in [1.165, 1.54) is 0 Å². The van der Waals surface area contributed by atoms with Crippen molar-refractivity contribution in [1.29, 1.82) is 0 Å². The highest BCUT2D eigenvalue weighted by molar-refractivity contribution is 4.83. The van der Waals surface area contributed by atoms with Gasteiger partial charge in [0.25, 0.3) is 0 Å². The Hall–Kier alpha value is -0.200. The normalized spacial score (nSPS) is 16.1. The Balaban J connectivity index is 3.60. The Kier molecular flexibility index (Phi) is 7.87. The van der Waals surface area contributed by atoms with E-state index in [2.05, 4.69) is 5.32 Å². The monoisotopic (exact) mass is 235 g/mol. The number of hydrogen-bond acceptors (Lipinski definition) is 5. The zero-order valence-corrected chi connectivity index (χ0v) is 10.7. The molecule has 5 nitrogen and oxygen atoms in total. The quantitative estimate of drug-likeness (QED) is 0.481. The second-order valence-corrected chi connectivity index (χ2v) is 4.50. The molecule has 0 heterocycles. The van der Waals surface area contributed by atoms with Crippen LogP contribution in [0.25, 0.3) is 0 Å². The molecule has 0 aromatic rings. The largest absolute Gasteiger partial charge is 0.392 e. The molecule has 0 aromatic heterocycles. The van der Waals surface area contributed by atoms with Gasteiger partial charge in [-0.25, -0.2) is 0 Å². The highest BCUT2D eigenvalue weighted by Crippen LogP contribution is 2.07. The highest BCUT2D eigenvalue weighted by Gasteiger charge is 2.23. The SMILES string of the molecule is COCCOCC(O)CNC(C)(C)C(C)O. The van der Waals surface area contributed by atoms with Crippen molar-refractivity contribution in [2.75, 3.05) is 33.5 Å². The van der Waals surface area contributed by atoms with Crippen molar-refractivity contribution < 1.29 is 19.7 Å². The Morgan fingerprint density at radius 1 is 1.25 bits per heavy atom. The summed E-state index contributed by atoms with van der Waals surface area (Å²) in [5, 5.41) is 22.1. The first-order chi connectivity index (χ1) is 7.40. The van der Waals surface area contributed by atoms with Crippen molar-refractivity contribution >= 4 is 0 Å². The van der Waals surface area contributed by atoms with Crippen LogP contribution in [0.3, 0.4) is 0 Å². The maximum atomic E-state index is 9.58. The molecule has 0 saturated carbocycles. The van der Waals surface area contributed by atoms with E-state index in [1.54, 1.807) is 14.0 Å². The molecule has 0 aliphatic heterocycles. The summed E-state index contributed by atoms with van der Waals surface area (Å²) in [5.41, 5.74) is -0.409. The zero-order chi connectivity index (χ0) is 12.6. The van der Waals surface area contributed by atoms with Gasteiger partial charge in [0.15, 0.2) is 0 Å². The van der Waals surface area contributed by atoms with Crippen LogP contribution in [0.15, 0.2) is 0 Å². The number of hydrogen-bond donors (Lipinski definition) is 3. The van der Waals surface area contributed by atoms with Crippen LogP contribution in [-0.4, -0.2) is 61.4 Å². The van der Waals surface area contributed by atoms with Crippen molar-refractivity contribution in [1.82, 2.24) is 5.32 Å². The van der Waals surface area contributed by atoms with Crippen molar-refractivity contribution in [3.05, 3.63) is 0 Å². The molecule has 2 unspecified atom stereocenters. The summed E-state index contributed by atoms with van der Waals surface area (Å²) in [5.74, 6) is 0. The molecular weight excluding hydrogens is 210 g/mol. The van der Waals surface area contributed by atoms with Gasteiger partial charge in [-0.05, 0) is 20.8 Å². The second kappa shape index (κ2) is 7.97. The lowest BCUT2D eigenvalue weighted by Gasteiger charge is -2.30. The van der Waals surface area contributed by atoms with Crippen molar-refractivity contribution in [3.8, 4) is 0 Å². The topological polar surface area (TPSA) is 71.0 Å². The fourth-order valence-electron chi connectivity index (χ4n) is 0.949. The van der Waals surface area contributed by atoms with Gasteiger partial charge < -0.3 is 25.0 Å². The molecule has 0 aliphatic carbocycles. The predicted octanol–water partition coefficient (Wildman–Crippen LogP) is -0.241. The number of β-amino-alcohol motifs (C(OH)–C–C–N with tert-alkyl or cyclic N) is 1. The number of nitrogens with one attached hydrogen (secondary N) is 1. The molecule has 0 spiro atoms. The predicted molar refractivity (Wildman–Crippen MR) is 62.5 cm³/mol. The molecular formula is C11H25NO4. The summed E-state index contributed by atoms with van der Waals surface area (Å²) in [6.07, 6.45) is -1.05. The smallest absolute Gasteiger partial charge is 0.0897 e. The summed E-state index contributed by atoms with van der Waals surface area (Å²) in [6.45, 7) is 7.16. The lowest BCUT2D eigenvalue weighted by atomic mass is 9.99. The Bertz CT molecular complexity index is 173. The molecule has 0 radical (unpaired) electrons. The van der Waals surface area contributed by atoms with Crippen LogP contribution >= 0.6 is 0 Å². The number of aliphatic hydroxyl groups is 2. The minimum absolute atomic E-state index is 0.270. The van der Waals surface area contributed by atoms with Crippen LogP contribution in [0.5, 0.6) is 0 Å². The van der Waals surface area contributed by atoms with Crippen LogP contribution in [0, 0.1) is 0 Å². The Morgan fingerprint density at radius 3 is 2.38 bits per heavy atom. The highest BCUT2D eigenvalue weighted by atomic mass is 16.5. The van der Waals surface area contributed by atoms with Gasteiger partial charge in [-0.15, -0.1) is 0 Å². The zero-order valence-electron chi connectivity index (χ0n) is 10.7. The number of aliphatic hydroxyl groups excluding tert-OH is 2. The lowest BCUT2D eigenvalue weighted by molar-refractivity contribution is 0.00675. The van der Waals surface area contributed by atoms with Crippen LogP contribution < -0.4 is 5.32 Å². The standard InChI is InChI=1S/C11H25NO4/c1-9(13)11(2,3)12-7-10(14)8-16-6-5-15-4/h9-10,12-14H,5-8H2,1-4H3. The van der Waals surface area contributed by atoms with Gasteiger partial charge in [0.1, 0.15) is 0 Å². The number of ether oxygens (including phenoxy) is 2. The van der Waals surface area contributed by atoms with Gasteiger partial charge in [0, 0.05) is 19.2 Å². The molecule has 0 amide bonds. The molecule has 0 aromatic carbocycles. The van der Waals surface area contributed by atoms with Gasteiger partial charge in [0.2, 0.25) is 0 Å². The summed E-state index contributed by atoms with van der Waals surface area (Å²) in [4.78, 5) is 0. The molecule has 98 valence electrons. The minimum atomic E-state index is -0.574. The summed E-state index contributed by atoms with van der Waals surface area (Å²) in [7, 11) is 1.60. The average Bonchev–Trinajstić information content (AvgIpc) is 2.21. The van der Waals surface area contributed by atoms with E-state index in [4.69, 9.17) is 9.47 Å². The van der Waals surface area contributed by atoms with Gasteiger partial charge in [-0.2, -0.15) is 0 Å². The van der Waals surface area contributed by atoms with E-state index >= 15 is 0 Å². The Labute approximate surface area is 97.8 Å². The summed E-state index contributed by atoms with van der Waals surface area (Å²) < 4.78 is 10.00. The third-order valence-electron chi connectivity index (χ3n) is 2.58. The van der Waals surface area contributed by atoms with Crippen LogP contribution in [0.1, 0.15) is 20.8 Å². The molecule has 3 N–H and O–H groups in total. The maximum absolute atomic E-state index is 9.58. The summed E-state index contributed by atoms with van der Waals surface area (Å²) >= 11 is 0. The van der Waals surface area contributed by atoms with Gasteiger partial charge in [-0.1, -0.05) is 0 Å². The van der Waals surface area contributed by atoms with Crippen LogP contribution in [0.4, 0.5) is 0 Å². The Morgan fingerprint density at radius 2 is 1.88 bits per heavy atom. The molecule has 0 rings (SSSR count). The van der Waals surface area contributed by atoms with E-state index in [0.29, 0.717) is 19.8 Å². The molecule has 0 bridgehead atoms. The fraction of sp³-hybridized carbons (Fsp3) is 1.00. The first-order valence-corrected chi connectivity index (χ1v) is 5.58. The second-order valence-electron chi connectivity index (χ2n) is 4.50. The summed E-state index contributed by atoms with van der Waals surface area (Å²) in [6, 6.07) is 0. The molecule has 0 fully saturated rings. The van der Waals surface area contributed by atoms with E-state index in [1.807, 2.05) is 13.8 Å². The average molecular weight is 235 g/mol. The van der Waals surface area contributed by atoms with E-state index in [0.717, 1.165) is 0 Å². The first kappa shape index (κ1) is 15.8. The van der Waals surface area contributed by atoms with Crippen LogP contribution in [-0.2, 0) is 9.47 Å². The molecule has 0 aliphatic rings. The van der Waals surface area contributed by atoms with Crippen LogP contribution in [0.2, 0.25) is 0 Å². The molecule has 16 heavy (non-hydrogen) atoms. The van der Waals surface area contributed by atoms with Crippen molar-refractivity contribution in [3.63, 3.8) is 0 Å². The fourth-order valence-corrected chi connectivity index (χ4v) is 0.949. The minimum Gasteiger partial charge on any atom is -0.392 e. The molecule has 2 atom stereocenters. The van der Waals surface area contributed by atoms with E-state index in [-0.39, 0.29) is 6.61 Å². The molecule has 5 heteroatoms. The maximum Gasteiger partial charge on any atom is 0.0897 e. The van der Waals surface area contributed by atoms with Crippen molar-refractivity contribution in [2.24, 2.45) is 0 Å². The van der Waals surface area contributed by atoms with Gasteiger partial charge in [0.05, 0.1) is 32.0 Å². The molecule has 0 saturated heterocycles. The lowest BCUT2D eigenvalue weighted by Crippen LogP contribution is -2.51. The van der Waals surface area contributed by atoms with Gasteiger partial charge in [-0.3, -0.25) is 0 Å². The first-order valence-electron chi connectivity index (χ1n) is 5.58. The third kappa shape index (κ3) is 7.14. The number of rotatable bonds is 9. The van der Waals surface area contributed by atoms with E-state index < -0.39 is 17.7 Å². The third-order valence-corrected chi connectivity index (χ3v) is 2.58. The number of methoxy groups -OCH3 is 1. The van der Waals surface area contributed by atoms with Gasteiger partial charge >= 0.3 is 0 Å².